The Kier molecular flexibility index (Phi) is 30.5. The zero-order valence-corrected chi connectivity index (χ0v) is 44.6. The van der Waals surface area contributed by atoms with Gasteiger partial charge in [-0.3, -0.25) is 19.2 Å². The van der Waals surface area contributed by atoms with E-state index in [0.717, 1.165) is 128 Å². The van der Waals surface area contributed by atoms with Gasteiger partial charge in [-0.25, -0.2) is 9.59 Å². The number of unbranched alkanes of at least 4 members (excludes halogenated alkanes) is 10. The molecule has 2 heterocycles. The lowest BCUT2D eigenvalue weighted by atomic mass is 9.99. The van der Waals surface area contributed by atoms with E-state index in [2.05, 4.69) is 13.8 Å². The van der Waals surface area contributed by atoms with Gasteiger partial charge in [-0.2, -0.15) is 0 Å². The third kappa shape index (κ3) is 22.8. The maximum absolute atomic E-state index is 13.5. The van der Waals surface area contributed by atoms with Gasteiger partial charge < -0.3 is 50.4 Å². The van der Waals surface area contributed by atoms with Crippen molar-refractivity contribution in [3.63, 3.8) is 0 Å². The van der Waals surface area contributed by atoms with E-state index < -0.39 is 24.1 Å². The van der Waals surface area contributed by atoms with Gasteiger partial charge in [-0.1, -0.05) is 109 Å². The van der Waals surface area contributed by atoms with E-state index in [-0.39, 0.29) is 65.9 Å². The summed E-state index contributed by atoms with van der Waals surface area (Å²) in [7, 11) is 1.53. The van der Waals surface area contributed by atoms with E-state index in [1.165, 1.54) is 19.6 Å². The second kappa shape index (κ2) is 35.8. The molecular formula is C57H90N4O12. The van der Waals surface area contributed by atoms with Crippen LogP contribution in [-0.4, -0.2) is 113 Å². The molecule has 2 aliphatic heterocycles. The number of likely N-dealkylation sites (tertiary alicyclic amines) is 2. The van der Waals surface area contributed by atoms with Gasteiger partial charge in [0.1, 0.15) is 41.9 Å². The number of aromatic hydroxyl groups is 1. The van der Waals surface area contributed by atoms with Crippen LogP contribution >= 0.6 is 0 Å². The molecule has 6 N–H and O–H groups in total. The van der Waals surface area contributed by atoms with Crippen molar-refractivity contribution >= 4 is 35.6 Å². The van der Waals surface area contributed by atoms with Crippen LogP contribution in [0, 0.1) is 5.92 Å². The lowest BCUT2D eigenvalue weighted by Gasteiger charge is -2.35. The number of rotatable bonds is 33. The van der Waals surface area contributed by atoms with Crippen LogP contribution in [-0.2, 0) is 33.4 Å². The van der Waals surface area contributed by atoms with Gasteiger partial charge in [-0.15, -0.1) is 0 Å². The molecule has 4 rings (SSSR count). The van der Waals surface area contributed by atoms with Crippen LogP contribution in [0.4, 0.5) is 0 Å². The molecule has 2 aromatic carbocycles. The molecule has 73 heavy (non-hydrogen) atoms. The number of hydrogen-bond donors (Lipinski definition) is 4. The van der Waals surface area contributed by atoms with Crippen LogP contribution in [0.3, 0.4) is 0 Å². The Labute approximate surface area is 435 Å². The standard InChI is InChI=1S/C30H48N2O6.C27H42N2O6/c1-4-5-6-9-16-24(17-10-7-8-15-23(2)28(31)33)38-30(35)26-19-13-14-21-32(26)29(34)25-18-11-12-20-27(25)37-22-36-3;1-2-3-4-6-13-20(14-7-5-8-18-24(31)25(28)32)35-27(34)22-16-11-12-19-29(22)26(33)21-15-9-10-17-23(21)30/h11-12,18,20,23-24,26H,4-10,13-17,19,21-22H2,1-3H3,(H2,31,33);9-10,15,17,20,22,24,30-31H,2-8,11-14,16,18-19H2,1H3,(H2,28,32)/t23-,24-,26+;20-,22+,24-/m11/s1. The summed E-state index contributed by atoms with van der Waals surface area (Å²) in [6.45, 7) is 7.19. The van der Waals surface area contributed by atoms with Crippen molar-refractivity contribution in [2.75, 3.05) is 27.0 Å². The minimum Gasteiger partial charge on any atom is -0.507 e. The number of para-hydroxylation sites is 2. The average molecular weight is 1020 g/mol. The van der Waals surface area contributed by atoms with Gasteiger partial charge in [-0.05, 0) is 127 Å². The van der Waals surface area contributed by atoms with E-state index in [0.29, 0.717) is 56.5 Å². The number of phenolic OH excluding ortho intramolecular Hbond substituents is 1. The number of methoxy groups -OCH3 is 1. The van der Waals surface area contributed by atoms with Gasteiger partial charge >= 0.3 is 11.9 Å². The number of carbonyl (C=O) groups is 6. The molecule has 0 aromatic heterocycles. The summed E-state index contributed by atoms with van der Waals surface area (Å²) in [5, 5.41) is 19.7. The van der Waals surface area contributed by atoms with E-state index in [1.807, 2.05) is 6.92 Å². The number of phenols is 1. The highest BCUT2D eigenvalue weighted by Gasteiger charge is 2.37. The number of ether oxygens (including phenoxy) is 4. The number of benzene rings is 2. The highest BCUT2D eigenvalue weighted by Crippen LogP contribution is 2.29. The number of piperidine rings is 2. The fourth-order valence-corrected chi connectivity index (χ4v) is 9.47. The van der Waals surface area contributed by atoms with Crippen LogP contribution in [0.5, 0.6) is 11.5 Å². The molecule has 0 unspecified atom stereocenters. The fraction of sp³-hybridized carbons (Fsp3) is 0.684. The monoisotopic (exact) mass is 1020 g/mol. The molecule has 4 amide bonds. The van der Waals surface area contributed by atoms with Crippen molar-refractivity contribution in [3.8, 4) is 11.5 Å². The first-order chi connectivity index (χ1) is 35.2. The third-order valence-electron chi connectivity index (χ3n) is 14.0. The number of nitrogens with zero attached hydrogens (tertiary/aromatic N) is 2. The van der Waals surface area contributed by atoms with E-state index in [4.69, 9.17) is 30.4 Å². The highest BCUT2D eigenvalue weighted by atomic mass is 16.7. The van der Waals surface area contributed by atoms with Crippen molar-refractivity contribution in [1.29, 1.82) is 0 Å². The maximum Gasteiger partial charge on any atom is 0.329 e. The van der Waals surface area contributed by atoms with Crippen LogP contribution in [0.2, 0.25) is 0 Å². The Morgan fingerprint density at radius 3 is 1.49 bits per heavy atom. The van der Waals surface area contributed by atoms with Crippen molar-refractivity contribution < 1.29 is 57.9 Å². The summed E-state index contributed by atoms with van der Waals surface area (Å²) in [6, 6.07) is 12.2. The van der Waals surface area contributed by atoms with Crippen molar-refractivity contribution in [2.24, 2.45) is 17.4 Å². The largest absolute Gasteiger partial charge is 0.507 e. The minimum atomic E-state index is -1.11. The van der Waals surface area contributed by atoms with Gasteiger partial charge in [0.25, 0.3) is 11.8 Å². The number of aliphatic hydroxyl groups excluding tert-OH is 1. The second-order valence-electron chi connectivity index (χ2n) is 19.9. The quantitative estimate of drug-likeness (QED) is 0.0297. The normalized spacial score (nSPS) is 17.3. The minimum absolute atomic E-state index is 0.0386. The molecule has 16 nitrogen and oxygen atoms in total. The molecular weight excluding hydrogens is 933 g/mol. The molecule has 2 fully saturated rings. The van der Waals surface area contributed by atoms with E-state index in [1.54, 1.807) is 52.3 Å². The van der Waals surface area contributed by atoms with Crippen LogP contribution in [0.1, 0.15) is 208 Å². The van der Waals surface area contributed by atoms with E-state index >= 15 is 0 Å². The smallest absolute Gasteiger partial charge is 0.329 e. The molecule has 0 aliphatic carbocycles. The van der Waals surface area contributed by atoms with Crippen molar-refractivity contribution in [1.82, 2.24) is 9.80 Å². The maximum atomic E-state index is 13.5. The first-order valence-electron chi connectivity index (χ1n) is 27.5. The van der Waals surface area contributed by atoms with E-state index in [9.17, 15) is 39.0 Å². The highest BCUT2D eigenvalue weighted by molar-refractivity contribution is 6.00. The molecule has 0 bridgehead atoms. The topological polar surface area (TPSA) is 238 Å². The van der Waals surface area contributed by atoms with Crippen LogP contribution in [0.15, 0.2) is 48.5 Å². The molecule has 16 heteroatoms. The van der Waals surface area contributed by atoms with Crippen molar-refractivity contribution in [3.05, 3.63) is 59.7 Å². The van der Waals surface area contributed by atoms with Gasteiger partial charge in [0.2, 0.25) is 11.8 Å². The molecule has 410 valence electrons. The molecule has 0 saturated carbocycles. The Morgan fingerprint density at radius 2 is 1.03 bits per heavy atom. The molecule has 0 radical (unpaired) electrons. The molecule has 0 spiro atoms. The summed E-state index contributed by atoms with van der Waals surface area (Å²) in [4.78, 5) is 78.7. The molecule has 2 aliphatic rings. The number of aliphatic hydroxyl groups is 1. The van der Waals surface area contributed by atoms with Crippen molar-refractivity contribution in [2.45, 2.75) is 218 Å². The molecule has 2 saturated heterocycles. The molecule has 6 atom stereocenters. The number of carbonyl (C=O) groups excluding carboxylic acids is 6. The SMILES string of the molecule is CCCCCC[C@H](CCCCC[C@@H](C)C(N)=O)OC(=O)[C@@H]1CCCCN1C(=O)c1ccccc1OCOC.CCCCCC[C@H](CCCCC[C@@H](O)C(N)=O)OC(=O)[C@@H]1CCCCN1C(=O)c1ccccc1O. The predicted molar refractivity (Wildman–Crippen MR) is 281 cm³/mol. The summed E-state index contributed by atoms with van der Waals surface area (Å²) < 4.78 is 22.7. The third-order valence-corrected chi connectivity index (χ3v) is 14.0. The first kappa shape index (κ1) is 62.1. The van der Waals surface area contributed by atoms with Gasteiger partial charge in [0.05, 0.1) is 11.1 Å². The zero-order chi connectivity index (χ0) is 53.4. The Balaban J connectivity index is 0.000000387. The number of amides is 4. The summed E-state index contributed by atoms with van der Waals surface area (Å²) in [5.41, 5.74) is 11.1. The summed E-state index contributed by atoms with van der Waals surface area (Å²) in [6.07, 6.45) is 21.1. The predicted octanol–water partition coefficient (Wildman–Crippen LogP) is 9.68. The number of nitrogens with two attached hydrogens (primary N) is 2. The van der Waals surface area contributed by atoms with Crippen LogP contribution < -0.4 is 16.2 Å². The Hall–Kier alpha value is -5.22. The zero-order valence-electron chi connectivity index (χ0n) is 44.6. The van der Waals surface area contributed by atoms with Gasteiger partial charge in [0, 0.05) is 26.1 Å². The number of primary amides is 2. The number of hydrogen-bond acceptors (Lipinski definition) is 12. The molecule has 2 aromatic rings. The Bertz CT molecular complexity index is 1950. The number of esters is 2. The second-order valence-corrected chi connectivity index (χ2v) is 19.9. The fourth-order valence-electron chi connectivity index (χ4n) is 9.47. The lowest BCUT2D eigenvalue weighted by molar-refractivity contribution is -0.157. The van der Waals surface area contributed by atoms with Gasteiger partial charge in [0.15, 0.2) is 6.79 Å². The summed E-state index contributed by atoms with van der Waals surface area (Å²) >= 11 is 0. The van der Waals surface area contributed by atoms with Crippen LogP contribution in [0.25, 0.3) is 0 Å². The average Bonchev–Trinajstić information content (AvgIpc) is 3.39. The lowest BCUT2D eigenvalue weighted by Crippen LogP contribution is -2.49. The Morgan fingerprint density at radius 1 is 0.589 bits per heavy atom. The first-order valence-corrected chi connectivity index (χ1v) is 27.5. The summed E-state index contributed by atoms with van der Waals surface area (Å²) in [5.74, 6) is -1.98.